The third kappa shape index (κ3) is 3.97. The van der Waals surface area contributed by atoms with E-state index < -0.39 is 0 Å². The van der Waals surface area contributed by atoms with Gasteiger partial charge in [0.05, 0.1) is 26.3 Å². The van der Waals surface area contributed by atoms with Gasteiger partial charge in [0.25, 0.3) is 0 Å². The van der Waals surface area contributed by atoms with Crippen LogP contribution < -0.4 is 9.47 Å². The molecule has 1 atom stereocenters. The summed E-state index contributed by atoms with van der Waals surface area (Å²) < 4.78 is 13.2. The highest BCUT2D eigenvalue weighted by Crippen LogP contribution is 2.38. The fourth-order valence-corrected chi connectivity index (χ4v) is 5.25. The SMILES string of the molecule is COc1ccc(C(c2nnnn2C2CCCCC2)N2CCc3ccccc3C2)cc1OC. The highest BCUT2D eigenvalue weighted by Gasteiger charge is 2.33. The van der Waals surface area contributed by atoms with E-state index in [2.05, 4.69) is 61.5 Å². The summed E-state index contributed by atoms with van der Waals surface area (Å²) in [5.41, 5.74) is 3.93. The van der Waals surface area contributed by atoms with Crippen LogP contribution in [0.4, 0.5) is 0 Å². The van der Waals surface area contributed by atoms with Gasteiger partial charge in [-0.3, -0.25) is 4.90 Å². The van der Waals surface area contributed by atoms with Crippen LogP contribution in [0.25, 0.3) is 0 Å². The Labute approximate surface area is 189 Å². The van der Waals surface area contributed by atoms with Crippen molar-refractivity contribution < 1.29 is 9.47 Å². The number of ether oxygens (including phenoxy) is 2. The number of nitrogens with zero attached hydrogens (tertiary/aromatic N) is 5. The lowest BCUT2D eigenvalue weighted by Crippen LogP contribution is -2.36. The molecule has 2 aliphatic rings. The second-order valence-corrected chi connectivity index (χ2v) is 8.78. The van der Waals surface area contributed by atoms with Crippen LogP contribution in [0.3, 0.4) is 0 Å². The van der Waals surface area contributed by atoms with Gasteiger partial charge in [0, 0.05) is 13.1 Å². The number of rotatable bonds is 6. The minimum Gasteiger partial charge on any atom is -0.493 e. The monoisotopic (exact) mass is 433 g/mol. The molecule has 0 radical (unpaired) electrons. The van der Waals surface area contributed by atoms with Gasteiger partial charge in [-0.1, -0.05) is 49.6 Å². The van der Waals surface area contributed by atoms with E-state index in [0.717, 1.165) is 55.2 Å². The molecule has 1 fully saturated rings. The first-order valence-electron chi connectivity index (χ1n) is 11.6. The first-order chi connectivity index (χ1) is 15.8. The van der Waals surface area contributed by atoms with E-state index >= 15 is 0 Å². The number of fused-ring (bicyclic) bond motifs is 1. The van der Waals surface area contributed by atoms with Crippen LogP contribution in [0.15, 0.2) is 42.5 Å². The fraction of sp³-hybridized carbons (Fsp3) is 0.480. The van der Waals surface area contributed by atoms with Gasteiger partial charge >= 0.3 is 0 Å². The summed E-state index contributed by atoms with van der Waals surface area (Å²) in [7, 11) is 3.35. The summed E-state index contributed by atoms with van der Waals surface area (Å²) in [4.78, 5) is 2.49. The van der Waals surface area contributed by atoms with Crippen LogP contribution in [0.1, 0.15) is 66.7 Å². The van der Waals surface area contributed by atoms with Gasteiger partial charge in [-0.2, -0.15) is 0 Å². The summed E-state index contributed by atoms with van der Waals surface area (Å²) >= 11 is 0. The van der Waals surface area contributed by atoms with Crippen molar-refractivity contribution in [3.8, 4) is 11.5 Å². The lowest BCUT2D eigenvalue weighted by atomic mass is 9.94. The topological polar surface area (TPSA) is 65.3 Å². The number of hydrogen-bond acceptors (Lipinski definition) is 6. The van der Waals surface area contributed by atoms with Crippen LogP contribution >= 0.6 is 0 Å². The molecule has 7 heteroatoms. The standard InChI is InChI=1S/C25H31N5O2/c1-31-22-13-12-19(16-23(22)32-2)24(29-15-14-18-8-6-7-9-20(18)17-29)25-26-27-28-30(25)21-10-4-3-5-11-21/h6-9,12-13,16,21,24H,3-5,10-11,14-15,17H2,1-2H3. The largest absolute Gasteiger partial charge is 0.493 e. The molecular formula is C25H31N5O2. The molecule has 1 saturated carbocycles. The molecule has 32 heavy (non-hydrogen) atoms. The molecule has 2 aromatic carbocycles. The van der Waals surface area contributed by atoms with Crippen LogP contribution in [0, 0.1) is 0 Å². The van der Waals surface area contributed by atoms with Crippen molar-refractivity contribution >= 4 is 0 Å². The van der Waals surface area contributed by atoms with Gasteiger partial charge in [-0.25, -0.2) is 4.68 Å². The van der Waals surface area contributed by atoms with Gasteiger partial charge in [0.15, 0.2) is 17.3 Å². The molecule has 0 bridgehead atoms. The van der Waals surface area contributed by atoms with Crippen molar-refractivity contribution in [1.82, 2.24) is 25.1 Å². The lowest BCUT2D eigenvalue weighted by Gasteiger charge is -2.36. The molecule has 1 aliphatic carbocycles. The van der Waals surface area contributed by atoms with Gasteiger partial charge in [-0.15, -0.1) is 5.10 Å². The Morgan fingerprint density at radius 2 is 1.72 bits per heavy atom. The average Bonchev–Trinajstić information content (AvgIpc) is 3.34. The summed E-state index contributed by atoms with van der Waals surface area (Å²) in [5, 5.41) is 13.2. The molecule has 0 spiro atoms. The number of tetrazole rings is 1. The quantitative estimate of drug-likeness (QED) is 0.576. The third-order valence-electron chi connectivity index (χ3n) is 6.93. The summed E-state index contributed by atoms with van der Waals surface area (Å²) in [6.07, 6.45) is 7.07. The Morgan fingerprint density at radius 1 is 0.938 bits per heavy atom. The van der Waals surface area contributed by atoms with Crippen molar-refractivity contribution in [2.45, 2.75) is 57.2 Å². The summed E-state index contributed by atoms with van der Waals surface area (Å²) in [5.74, 6) is 2.37. The normalized spacial score (nSPS) is 18.2. The Hall–Kier alpha value is -2.93. The number of benzene rings is 2. The number of methoxy groups -OCH3 is 2. The van der Waals surface area contributed by atoms with E-state index in [-0.39, 0.29) is 6.04 Å². The van der Waals surface area contributed by atoms with E-state index in [9.17, 15) is 0 Å². The molecule has 1 unspecified atom stereocenters. The Bertz CT molecular complexity index is 1060. The highest BCUT2D eigenvalue weighted by molar-refractivity contribution is 5.45. The molecule has 1 aliphatic heterocycles. The van der Waals surface area contributed by atoms with Crippen molar-refractivity contribution in [2.24, 2.45) is 0 Å². The number of aromatic nitrogens is 4. The Kier molecular flexibility index (Phi) is 6.08. The fourth-order valence-electron chi connectivity index (χ4n) is 5.25. The maximum atomic E-state index is 5.63. The zero-order valence-electron chi connectivity index (χ0n) is 18.9. The number of hydrogen-bond donors (Lipinski definition) is 0. The third-order valence-corrected chi connectivity index (χ3v) is 6.93. The highest BCUT2D eigenvalue weighted by atomic mass is 16.5. The van der Waals surface area contributed by atoms with E-state index in [0.29, 0.717) is 6.04 Å². The van der Waals surface area contributed by atoms with E-state index in [4.69, 9.17) is 9.47 Å². The smallest absolute Gasteiger partial charge is 0.173 e. The molecule has 1 aromatic heterocycles. The minimum absolute atomic E-state index is 0.0555. The molecule has 0 amide bonds. The maximum absolute atomic E-state index is 5.63. The molecule has 5 rings (SSSR count). The first-order valence-corrected chi connectivity index (χ1v) is 11.6. The molecule has 7 nitrogen and oxygen atoms in total. The van der Waals surface area contributed by atoms with Crippen molar-refractivity contribution in [2.75, 3.05) is 20.8 Å². The molecule has 168 valence electrons. The van der Waals surface area contributed by atoms with Gasteiger partial charge < -0.3 is 9.47 Å². The van der Waals surface area contributed by atoms with E-state index in [1.54, 1.807) is 14.2 Å². The van der Waals surface area contributed by atoms with Crippen LogP contribution in [0.2, 0.25) is 0 Å². The Morgan fingerprint density at radius 3 is 2.50 bits per heavy atom. The molecule has 0 N–H and O–H groups in total. The first kappa shape index (κ1) is 20.9. The van der Waals surface area contributed by atoms with Gasteiger partial charge in [0.2, 0.25) is 0 Å². The van der Waals surface area contributed by atoms with Crippen LogP contribution in [-0.2, 0) is 13.0 Å². The molecular weight excluding hydrogens is 402 g/mol. The molecule has 3 aromatic rings. The zero-order valence-corrected chi connectivity index (χ0v) is 18.9. The minimum atomic E-state index is -0.0555. The predicted octanol–water partition coefficient (Wildman–Crippen LogP) is 4.34. The molecule has 2 heterocycles. The van der Waals surface area contributed by atoms with Crippen molar-refractivity contribution in [1.29, 1.82) is 0 Å². The van der Waals surface area contributed by atoms with Crippen molar-refractivity contribution in [3.63, 3.8) is 0 Å². The lowest BCUT2D eigenvalue weighted by molar-refractivity contribution is 0.187. The zero-order chi connectivity index (χ0) is 21.9. The van der Waals surface area contributed by atoms with Gasteiger partial charge in [0.1, 0.15) is 0 Å². The van der Waals surface area contributed by atoms with E-state index in [1.807, 2.05) is 6.07 Å². The van der Waals surface area contributed by atoms with E-state index in [1.165, 1.54) is 30.4 Å². The molecule has 0 saturated heterocycles. The average molecular weight is 434 g/mol. The second kappa shape index (κ2) is 9.28. The van der Waals surface area contributed by atoms with Crippen molar-refractivity contribution in [3.05, 3.63) is 65.0 Å². The predicted molar refractivity (Wildman–Crippen MR) is 122 cm³/mol. The summed E-state index contributed by atoms with van der Waals surface area (Å²) in [6.45, 7) is 1.82. The maximum Gasteiger partial charge on any atom is 0.173 e. The summed E-state index contributed by atoms with van der Waals surface area (Å²) in [6, 6.07) is 15.2. The second-order valence-electron chi connectivity index (χ2n) is 8.78. The van der Waals surface area contributed by atoms with Gasteiger partial charge in [-0.05, 0) is 58.5 Å². The van der Waals surface area contributed by atoms with Crippen LogP contribution in [0.5, 0.6) is 11.5 Å². The van der Waals surface area contributed by atoms with Crippen LogP contribution in [-0.4, -0.2) is 45.9 Å². The Balaban J connectivity index is 1.57.